The minimum atomic E-state index is 0.212. The Labute approximate surface area is 132 Å². The number of halogens is 1. The summed E-state index contributed by atoms with van der Waals surface area (Å²) >= 11 is 5.74. The number of nitrogens with zero attached hydrogens (tertiary/aromatic N) is 1. The zero-order valence-electron chi connectivity index (χ0n) is 12.4. The summed E-state index contributed by atoms with van der Waals surface area (Å²) in [5.41, 5.74) is 1.34. The van der Waals surface area contributed by atoms with E-state index in [-0.39, 0.29) is 5.78 Å². The van der Waals surface area contributed by atoms with Gasteiger partial charge in [0.2, 0.25) is 0 Å². The Morgan fingerprint density at radius 1 is 1.14 bits per heavy atom. The van der Waals surface area contributed by atoms with Gasteiger partial charge in [0.15, 0.2) is 5.78 Å². The number of carbonyl (C=O) groups is 1. The molecule has 1 fully saturated rings. The standard InChI is InChI=1S/C18H22ClNO/c19-11-1-2-14-3-5-15(6-4-14)12-18(21)17-9-7-16(13-20)8-10-17/h7-10,14-15H,1-6,11-12H2. The van der Waals surface area contributed by atoms with Crippen molar-refractivity contribution in [3.8, 4) is 6.07 Å². The van der Waals surface area contributed by atoms with Gasteiger partial charge in [-0.3, -0.25) is 4.79 Å². The van der Waals surface area contributed by atoms with E-state index in [2.05, 4.69) is 6.07 Å². The average Bonchev–Trinajstić information content (AvgIpc) is 2.54. The summed E-state index contributed by atoms with van der Waals surface area (Å²) in [4.78, 5) is 12.3. The average molecular weight is 304 g/mol. The first-order chi connectivity index (χ1) is 10.2. The van der Waals surface area contributed by atoms with Crippen molar-refractivity contribution in [3.05, 3.63) is 35.4 Å². The lowest BCUT2D eigenvalue weighted by atomic mass is 9.78. The monoisotopic (exact) mass is 303 g/mol. The van der Waals surface area contributed by atoms with Gasteiger partial charge in [-0.25, -0.2) is 0 Å². The predicted octanol–water partition coefficient (Wildman–Crippen LogP) is 4.96. The van der Waals surface area contributed by atoms with Gasteiger partial charge in [0.1, 0.15) is 0 Å². The molecule has 1 saturated carbocycles. The van der Waals surface area contributed by atoms with E-state index in [0.717, 1.165) is 36.6 Å². The van der Waals surface area contributed by atoms with E-state index in [9.17, 15) is 4.79 Å². The van der Waals surface area contributed by atoms with E-state index in [0.29, 0.717) is 17.9 Å². The Kier molecular flexibility index (Phi) is 6.26. The van der Waals surface area contributed by atoms with Crippen LogP contribution in [0.15, 0.2) is 24.3 Å². The van der Waals surface area contributed by atoms with Gasteiger partial charge in [-0.15, -0.1) is 11.6 Å². The largest absolute Gasteiger partial charge is 0.294 e. The second kappa shape index (κ2) is 8.20. The molecule has 0 atom stereocenters. The molecule has 0 aliphatic heterocycles. The highest BCUT2D eigenvalue weighted by atomic mass is 35.5. The molecule has 0 unspecified atom stereocenters. The third-order valence-corrected chi connectivity index (χ3v) is 4.79. The Balaban J connectivity index is 1.80. The first kappa shape index (κ1) is 16.0. The summed E-state index contributed by atoms with van der Waals surface area (Å²) < 4.78 is 0. The fourth-order valence-corrected chi connectivity index (χ4v) is 3.36. The number of carbonyl (C=O) groups excluding carboxylic acids is 1. The highest BCUT2D eigenvalue weighted by Crippen LogP contribution is 2.33. The van der Waals surface area contributed by atoms with Crippen LogP contribution in [0, 0.1) is 23.2 Å². The van der Waals surface area contributed by atoms with Gasteiger partial charge < -0.3 is 0 Å². The minimum Gasteiger partial charge on any atom is -0.294 e. The van der Waals surface area contributed by atoms with Crippen LogP contribution in [-0.2, 0) is 0 Å². The summed E-state index contributed by atoms with van der Waals surface area (Å²) in [5, 5.41) is 8.77. The maximum Gasteiger partial charge on any atom is 0.163 e. The van der Waals surface area contributed by atoms with E-state index in [1.54, 1.807) is 24.3 Å². The number of alkyl halides is 1. The lowest BCUT2D eigenvalue weighted by Gasteiger charge is -2.28. The smallest absolute Gasteiger partial charge is 0.163 e. The third kappa shape index (κ3) is 4.86. The first-order valence-electron chi connectivity index (χ1n) is 7.82. The van der Waals surface area contributed by atoms with Gasteiger partial charge in [-0.1, -0.05) is 25.0 Å². The third-order valence-electron chi connectivity index (χ3n) is 4.52. The molecule has 0 saturated heterocycles. The minimum absolute atomic E-state index is 0.212. The highest BCUT2D eigenvalue weighted by molar-refractivity contribution is 6.17. The van der Waals surface area contributed by atoms with Crippen LogP contribution in [0.1, 0.15) is 60.9 Å². The number of ketones is 1. The molecule has 2 nitrogen and oxygen atoms in total. The van der Waals surface area contributed by atoms with Crippen molar-refractivity contribution in [3.63, 3.8) is 0 Å². The summed E-state index contributed by atoms with van der Waals surface area (Å²) in [5.74, 6) is 2.31. The first-order valence-corrected chi connectivity index (χ1v) is 8.35. The molecule has 0 radical (unpaired) electrons. The second-order valence-corrected chi connectivity index (χ2v) is 6.41. The van der Waals surface area contributed by atoms with Crippen LogP contribution in [0.25, 0.3) is 0 Å². The number of Topliss-reactive ketones (excluding diaryl/α,β-unsaturated/α-hetero) is 1. The molecule has 2 rings (SSSR count). The van der Waals surface area contributed by atoms with E-state index in [1.165, 1.54) is 19.3 Å². The van der Waals surface area contributed by atoms with Crippen molar-refractivity contribution >= 4 is 17.4 Å². The molecular formula is C18H22ClNO. The van der Waals surface area contributed by atoms with Crippen molar-refractivity contribution in [1.82, 2.24) is 0 Å². The molecule has 0 spiro atoms. The number of nitriles is 1. The van der Waals surface area contributed by atoms with Crippen LogP contribution in [0.3, 0.4) is 0 Å². The molecule has 1 aromatic rings. The molecule has 1 aliphatic carbocycles. The van der Waals surface area contributed by atoms with Crippen LogP contribution in [0.4, 0.5) is 0 Å². The zero-order chi connectivity index (χ0) is 15.1. The maximum absolute atomic E-state index is 12.3. The lowest BCUT2D eigenvalue weighted by Crippen LogP contribution is -2.17. The van der Waals surface area contributed by atoms with Gasteiger partial charge in [0, 0.05) is 17.9 Å². The van der Waals surface area contributed by atoms with Gasteiger partial charge >= 0.3 is 0 Å². The quantitative estimate of drug-likeness (QED) is 0.550. The van der Waals surface area contributed by atoms with Crippen LogP contribution in [0.5, 0.6) is 0 Å². The van der Waals surface area contributed by atoms with Gasteiger partial charge in [-0.2, -0.15) is 5.26 Å². The molecule has 112 valence electrons. The molecule has 1 aromatic carbocycles. The molecule has 0 N–H and O–H groups in total. The zero-order valence-corrected chi connectivity index (χ0v) is 13.1. The van der Waals surface area contributed by atoms with Gasteiger partial charge in [-0.05, 0) is 49.7 Å². The van der Waals surface area contributed by atoms with E-state index in [1.807, 2.05) is 0 Å². The van der Waals surface area contributed by atoms with Crippen molar-refractivity contribution in [2.45, 2.75) is 44.9 Å². The number of rotatable bonds is 6. The van der Waals surface area contributed by atoms with Gasteiger partial charge in [0.05, 0.1) is 11.6 Å². The molecule has 1 aliphatic rings. The van der Waals surface area contributed by atoms with Crippen molar-refractivity contribution in [2.24, 2.45) is 11.8 Å². The molecule has 0 bridgehead atoms. The fraction of sp³-hybridized carbons (Fsp3) is 0.556. The Bertz CT molecular complexity index is 495. The SMILES string of the molecule is N#Cc1ccc(C(=O)CC2CCC(CCCCl)CC2)cc1. The van der Waals surface area contributed by atoms with Crippen LogP contribution in [0.2, 0.25) is 0 Å². The number of hydrogen-bond acceptors (Lipinski definition) is 2. The molecule has 21 heavy (non-hydrogen) atoms. The summed E-state index contributed by atoms with van der Waals surface area (Å²) in [6.45, 7) is 0. The molecule has 0 amide bonds. The fourth-order valence-electron chi connectivity index (χ4n) is 3.20. The Morgan fingerprint density at radius 2 is 1.76 bits per heavy atom. The van der Waals surface area contributed by atoms with Crippen LogP contribution < -0.4 is 0 Å². The topological polar surface area (TPSA) is 40.9 Å². The maximum atomic E-state index is 12.3. The van der Waals surface area contributed by atoms with E-state index >= 15 is 0 Å². The van der Waals surface area contributed by atoms with Crippen molar-refractivity contribution in [2.75, 3.05) is 5.88 Å². The summed E-state index contributed by atoms with van der Waals surface area (Å²) in [6.07, 6.45) is 7.79. The molecule has 3 heteroatoms. The molecular weight excluding hydrogens is 282 g/mol. The van der Waals surface area contributed by atoms with E-state index < -0.39 is 0 Å². The number of hydrogen-bond donors (Lipinski definition) is 0. The predicted molar refractivity (Wildman–Crippen MR) is 85.5 cm³/mol. The number of benzene rings is 1. The Hall–Kier alpha value is -1.33. The normalized spacial score (nSPS) is 21.7. The van der Waals surface area contributed by atoms with Crippen molar-refractivity contribution in [1.29, 1.82) is 5.26 Å². The highest BCUT2D eigenvalue weighted by Gasteiger charge is 2.23. The molecule has 0 heterocycles. The van der Waals surface area contributed by atoms with E-state index in [4.69, 9.17) is 16.9 Å². The second-order valence-electron chi connectivity index (χ2n) is 6.03. The summed E-state index contributed by atoms with van der Waals surface area (Å²) in [6, 6.07) is 9.05. The van der Waals surface area contributed by atoms with Crippen LogP contribution >= 0.6 is 11.6 Å². The molecule has 0 aromatic heterocycles. The lowest BCUT2D eigenvalue weighted by molar-refractivity contribution is 0.0942. The Morgan fingerprint density at radius 3 is 2.33 bits per heavy atom. The summed E-state index contributed by atoms with van der Waals surface area (Å²) in [7, 11) is 0. The van der Waals surface area contributed by atoms with Crippen LogP contribution in [-0.4, -0.2) is 11.7 Å². The van der Waals surface area contributed by atoms with Gasteiger partial charge in [0.25, 0.3) is 0 Å². The van der Waals surface area contributed by atoms with Crippen molar-refractivity contribution < 1.29 is 4.79 Å².